The summed E-state index contributed by atoms with van der Waals surface area (Å²) >= 11 is 0. The Balaban J connectivity index is 1.84. The molecule has 16 heavy (non-hydrogen) atoms. The van der Waals surface area contributed by atoms with Crippen LogP contribution >= 0.6 is 0 Å². The zero-order valence-electron chi connectivity index (χ0n) is 9.26. The molecule has 1 fully saturated rings. The van der Waals surface area contributed by atoms with Crippen LogP contribution in [0.3, 0.4) is 0 Å². The molecule has 0 unspecified atom stereocenters. The summed E-state index contributed by atoms with van der Waals surface area (Å²) in [6.45, 7) is 0.565. The van der Waals surface area contributed by atoms with E-state index in [1.54, 1.807) is 0 Å². The number of nitrogens with two attached hydrogens (primary N) is 1. The summed E-state index contributed by atoms with van der Waals surface area (Å²) in [4.78, 5) is 10.9. The van der Waals surface area contributed by atoms with Gasteiger partial charge in [-0.1, -0.05) is 30.3 Å². The lowest BCUT2D eigenvalue weighted by molar-refractivity contribution is -0.121. The van der Waals surface area contributed by atoms with Crippen molar-refractivity contribution in [2.24, 2.45) is 11.7 Å². The van der Waals surface area contributed by atoms with Gasteiger partial charge >= 0.3 is 0 Å². The van der Waals surface area contributed by atoms with Crippen LogP contribution in [0.5, 0.6) is 0 Å². The maximum absolute atomic E-state index is 10.9. The third-order valence-corrected chi connectivity index (χ3v) is 2.86. The molecule has 0 bridgehead atoms. The van der Waals surface area contributed by atoms with Crippen LogP contribution in [0.1, 0.15) is 24.8 Å². The molecule has 3 nitrogen and oxygen atoms in total. The van der Waals surface area contributed by atoms with Gasteiger partial charge < -0.3 is 10.5 Å². The van der Waals surface area contributed by atoms with Gasteiger partial charge in [-0.25, -0.2) is 0 Å². The monoisotopic (exact) mass is 219 g/mol. The van der Waals surface area contributed by atoms with Crippen molar-refractivity contribution in [3.05, 3.63) is 35.9 Å². The second-order valence-corrected chi connectivity index (χ2v) is 4.34. The minimum atomic E-state index is -0.273. The van der Waals surface area contributed by atoms with Crippen molar-refractivity contribution >= 4 is 5.91 Å². The Morgan fingerprint density at radius 2 is 2.06 bits per heavy atom. The smallest absolute Gasteiger partial charge is 0.220 e. The van der Waals surface area contributed by atoms with E-state index in [0.717, 1.165) is 18.4 Å². The van der Waals surface area contributed by atoms with Crippen LogP contribution in [-0.4, -0.2) is 12.0 Å². The summed E-state index contributed by atoms with van der Waals surface area (Å²) in [6, 6.07) is 9.99. The fraction of sp³-hybridized carbons (Fsp3) is 0.462. The van der Waals surface area contributed by atoms with E-state index in [9.17, 15) is 4.79 Å². The van der Waals surface area contributed by atoms with E-state index in [1.165, 1.54) is 0 Å². The molecule has 1 atom stereocenters. The molecule has 1 aromatic rings. The molecule has 1 amide bonds. The van der Waals surface area contributed by atoms with Crippen molar-refractivity contribution in [1.29, 1.82) is 0 Å². The van der Waals surface area contributed by atoms with E-state index in [0.29, 0.717) is 18.9 Å². The van der Waals surface area contributed by atoms with Gasteiger partial charge in [-0.15, -0.1) is 0 Å². The van der Waals surface area contributed by atoms with Crippen LogP contribution in [-0.2, 0) is 16.1 Å². The molecule has 1 aromatic carbocycles. The van der Waals surface area contributed by atoms with Gasteiger partial charge in [0.05, 0.1) is 19.1 Å². The maximum atomic E-state index is 10.9. The number of rotatable bonds is 6. The number of hydrogen-bond acceptors (Lipinski definition) is 2. The molecular formula is C13H17NO2. The second-order valence-electron chi connectivity index (χ2n) is 4.34. The highest BCUT2D eigenvalue weighted by atomic mass is 16.5. The zero-order chi connectivity index (χ0) is 11.4. The molecule has 1 saturated carbocycles. The molecule has 1 aliphatic carbocycles. The van der Waals surface area contributed by atoms with Gasteiger partial charge in [0.25, 0.3) is 0 Å². The summed E-state index contributed by atoms with van der Waals surface area (Å²) in [6.07, 6.45) is 2.68. The van der Waals surface area contributed by atoms with Gasteiger partial charge in [0.1, 0.15) is 0 Å². The summed E-state index contributed by atoms with van der Waals surface area (Å²) < 4.78 is 5.76. The van der Waals surface area contributed by atoms with Crippen molar-refractivity contribution in [2.75, 3.05) is 0 Å². The van der Waals surface area contributed by atoms with Crippen LogP contribution in [0.4, 0.5) is 0 Å². The van der Waals surface area contributed by atoms with Crippen molar-refractivity contribution in [2.45, 2.75) is 32.0 Å². The molecule has 0 aromatic heterocycles. The summed E-state index contributed by atoms with van der Waals surface area (Å²) in [5, 5.41) is 0. The van der Waals surface area contributed by atoms with Crippen molar-refractivity contribution in [3.8, 4) is 0 Å². The molecule has 0 saturated heterocycles. The molecule has 0 radical (unpaired) electrons. The normalized spacial score (nSPS) is 17.0. The first kappa shape index (κ1) is 11.1. The Labute approximate surface area is 95.6 Å². The molecule has 2 N–H and O–H groups in total. The Bertz CT molecular complexity index is 346. The van der Waals surface area contributed by atoms with Crippen molar-refractivity contribution in [3.63, 3.8) is 0 Å². The molecule has 0 heterocycles. The van der Waals surface area contributed by atoms with E-state index < -0.39 is 0 Å². The maximum Gasteiger partial charge on any atom is 0.220 e. The first-order valence-corrected chi connectivity index (χ1v) is 5.69. The highest BCUT2D eigenvalue weighted by Crippen LogP contribution is 2.36. The van der Waals surface area contributed by atoms with Crippen LogP contribution in [0.25, 0.3) is 0 Å². The third kappa shape index (κ3) is 3.35. The molecule has 2 rings (SSSR count). The van der Waals surface area contributed by atoms with Crippen molar-refractivity contribution < 1.29 is 9.53 Å². The SMILES string of the molecule is NC(=O)C[C@H](OCc1ccccc1)C1CC1. The first-order valence-electron chi connectivity index (χ1n) is 5.69. The molecule has 3 heteroatoms. The molecule has 0 aliphatic heterocycles. The Morgan fingerprint density at radius 3 is 2.62 bits per heavy atom. The lowest BCUT2D eigenvalue weighted by Gasteiger charge is -2.15. The summed E-state index contributed by atoms with van der Waals surface area (Å²) in [5.41, 5.74) is 6.35. The number of amides is 1. The van der Waals surface area contributed by atoms with Crippen LogP contribution in [0.15, 0.2) is 30.3 Å². The number of primary amides is 1. The van der Waals surface area contributed by atoms with E-state index in [-0.39, 0.29) is 12.0 Å². The number of hydrogen-bond donors (Lipinski definition) is 1. The predicted molar refractivity (Wildman–Crippen MR) is 61.6 cm³/mol. The largest absolute Gasteiger partial charge is 0.373 e. The molecule has 1 aliphatic rings. The lowest BCUT2D eigenvalue weighted by Crippen LogP contribution is -2.24. The highest BCUT2D eigenvalue weighted by Gasteiger charge is 2.32. The first-order chi connectivity index (χ1) is 7.75. The third-order valence-electron chi connectivity index (χ3n) is 2.86. The van der Waals surface area contributed by atoms with E-state index in [2.05, 4.69) is 0 Å². The average Bonchev–Trinajstić information content (AvgIpc) is 3.09. The number of ether oxygens (including phenoxy) is 1. The quantitative estimate of drug-likeness (QED) is 0.794. The zero-order valence-corrected chi connectivity index (χ0v) is 9.26. The van der Waals surface area contributed by atoms with Gasteiger partial charge in [-0.2, -0.15) is 0 Å². The number of carbonyl (C=O) groups is 1. The summed E-state index contributed by atoms with van der Waals surface area (Å²) in [7, 11) is 0. The number of carbonyl (C=O) groups excluding carboxylic acids is 1. The van der Waals surface area contributed by atoms with E-state index in [1.807, 2.05) is 30.3 Å². The van der Waals surface area contributed by atoms with Crippen LogP contribution in [0, 0.1) is 5.92 Å². The highest BCUT2D eigenvalue weighted by molar-refractivity contribution is 5.74. The molecule has 0 spiro atoms. The Kier molecular flexibility index (Phi) is 3.57. The van der Waals surface area contributed by atoms with E-state index >= 15 is 0 Å². The molecular weight excluding hydrogens is 202 g/mol. The second kappa shape index (κ2) is 5.12. The summed E-state index contributed by atoms with van der Waals surface area (Å²) in [5.74, 6) is 0.265. The van der Waals surface area contributed by atoms with Gasteiger partial charge in [-0.3, -0.25) is 4.79 Å². The fourth-order valence-corrected chi connectivity index (χ4v) is 1.81. The predicted octanol–water partition coefficient (Wildman–Crippen LogP) is 1.86. The minimum Gasteiger partial charge on any atom is -0.373 e. The lowest BCUT2D eigenvalue weighted by atomic mass is 10.1. The standard InChI is InChI=1S/C13H17NO2/c14-13(15)8-12(11-6-7-11)16-9-10-4-2-1-3-5-10/h1-5,11-12H,6-9H2,(H2,14,15)/t12-/m0/s1. The van der Waals surface area contributed by atoms with Gasteiger partial charge in [0.15, 0.2) is 0 Å². The Hall–Kier alpha value is -1.35. The van der Waals surface area contributed by atoms with E-state index in [4.69, 9.17) is 10.5 Å². The number of benzene rings is 1. The molecule has 86 valence electrons. The Morgan fingerprint density at radius 1 is 1.38 bits per heavy atom. The topological polar surface area (TPSA) is 52.3 Å². The minimum absolute atomic E-state index is 0.0118. The van der Waals surface area contributed by atoms with Gasteiger partial charge in [0, 0.05) is 0 Å². The van der Waals surface area contributed by atoms with Gasteiger partial charge in [0.2, 0.25) is 5.91 Å². The van der Waals surface area contributed by atoms with Gasteiger partial charge in [-0.05, 0) is 24.3 Å². The van der Waals surface area contributed by atoms with Crippen LogP contribution < -0.4 is 5.73 Å². The van der Waals surface area contributed by atoms with Crippen LogP contribution in [0.2, 0.25) is 0 Å². The average molecular weight is 219 g/mol. The van der Waals surface area contributed by atoms with Crippen molar-refractivity contribution in [1.82, 2.24) is 0 Å². The fourth-order valence-electron chi connectivity index (χ4n) is 1.81.